The Balaban J connectivity index is 1.39. The molecule has 3 N–H and O–H groups in total. The monoisotopic (exact) mass is 573 g/mol. The smallest absolute Gasteiger partial charge is 0.272 e. The summed E-state index contributed by atoms with van der Waals surface area (Å²) in [4.78, 5) is 12.5. The Morgan fingerprint density at radius 3 is 2.76 bits per heavy atom. The number of carbonyl (C=O) groups is 1. The van der Waals surface area contributed by atoms with E-state index in [0.29, 0.717) is 35.1 Å². The molecule has 1 aliphatic rings. The summed E-state index contributed by atoms with van der Waals surface area (Å²) >= 11 is 6.93. The lowest BCUT2D eigenvalue weighted by atomic mass is 9.99. The molecule has 1 amide bonds. The molecule has 1 saturated heterocycles. The number of benzene rings is 2. The van der Waals surface area contributed by atoms with Crippen molar-refractivity contribution in [3.8, 4) is 5.75 Å². The van der Waals surface area contributed by atoms with Gasteiger partial charge in [-0.25, -0.2) is 8.42 Å². The van der Waals surface area contributed by atoms with Crippen LogP contribution in [0.15, 0.2) is 58.8 Å². The standard InChI is InChI=1S/C26H28ClN5O4S2/c1-36-21-9-3-8-20-24(21)25(31-38(34,35)23-11-10-22(27)37-23)30-32(20)16-18-6-2-5-17(13-18)14-29-26(33)19-7-4-12-28-15-19/h2-3,5-6,8-11,13,19,28H,4,7,12,14-16H2,1H3,(H,29,33)(H,30,31). The highest BCUT2D eigenvalue weighted by atomic mass is 35.5. The molecule has 38 heavy (non-hydrogen) atoms. The van der Waals surface area contributed by atoms with Gasteiger partial charge in [0.2, 0.25) is 5.91 Å². The molecule has 1 fully saturated rings. The molecule has 2 aromatic heterocycles. The Kier molecular flexibility index (Phi) is 7.89. The number of carbonyl (C=O) groups excluding carboxylic acids is 1. The van der Waals surface area contributed by atoms with Crippen LogP contribution < -0.4 is 20.1 Å². The number of thiophene rings is 1. The molecule has 1 atom stereocenters. The molecule has 0 radical (unpaired) electrons. The number of piperidine rings is 1. The second kappa shape index (κ2) is 11.3. The molecular formula is C26H28ClN5O4S2. The summed E-state index contributed by atoms with van der Waals surface area (Å²) in [6.07, 6.45) is 1.91. The zero-order valence-corrected chi connectivity index (χ0v) is 23.1. The normalized spacial score (nSPS) is 15.9. The number of ether oxygens (including phenoxy) is 1. The van der Waals surface area contributed by atoms with Crippen LogP contribution in [0.3, 0.4) is 0 Å². The molecule has 0 aliphatic carbocycles. The molecule has 0 spiro atoms. The Labute approximate surface area is 230 Å². The number of methoxy groups -OCH3 is 1. The maximum Gasteiger partial charge on any atom is 0.272 e. The van der Waals surface area contributed by atoms with Gasteiger partial charge >= 0.3 is 0 Å². The highest BCUT2D eigenvalue weighted by Gasteiger charge is 2.23. The van der Waals surface area contributed by atoms with Gasteiger partial charge in [-0.3, -0.25) is 14.2 Å². The number of nitrogens with zero attached hydrogens (tertiary/aromatic N) is 2. The molecule has 2 aromatic carbocycles. The molecular weight excluding hydrogens is 546 g/mol. The zero-order chi connectivity index (χ0) is 26.7. The van der Waals surface area contributed by atoms with E-state index in [1.165, 1.54) is 13.2 Å². The summed E-state index contributed by atoms with van der Waals surface area (Å²) in [5, 5.41) is 11.5. The minimum Gasteiger partial charge on any atom is -0.496 e. The van der Waals surface area contributed by atoms with Gasteiger partial charge in [0.1, 0.15) is 9.96 Å². The van der Waals surface area contributed by atoms with Gasteiger partial charge in [0, 0.05) is 13.1 Å². The fraction of sp³-hybridized carbons (Fsp3) is 0.308. The average Bonchev–Trinajstić information content (AvgIpc) is 3.52. The fourth-order valence-corrected chi connectivity index (χ4v) is 7.09. The van der Waals surface area contributed by atoms with Crippen molar-refractivity contribution in [2.45, 2.75) is 30.1 Å². The summed E-state index contributed by atoms with van der Waals surface area (Å²) in [7, 11) is -2.36. The van der Waals surface area contributed by atoms with Gasteiger partial charge in [0.15, 0.2) is 5.82 Å². The van der Waals surface area contributed by atoms with Gasteiger partial charge in [-0.1, -0.05) is 41.9 Å². The van der Waals surface area contributed by atoms with Crippen LogP contribution in [0.1, 0.15) is 24.0 Å². The van der Waals surface area contributed by atoms with Gasteiger partial charge < -0.3 is 15.4 Å². The van der Waals surface area contributed by atoms with Crippen molar-refractivity contribution in [1.29, 1.82) is 0 Å². The lowest BCUT2D eigenvalue weighted by Gasteiger charge is -2.21. The molecule has 0 saturated carbocycles. The second-order valence-electron chi connectivity index (χ2n) is 9.11. The Morgan fingerprint density at radius 2 is 2.03 bits per heavy atom. The third kappa shape index (κ3) is 5.80. The maximum absolute atomic E-state index is 13.0. The number of anilines is 1. The van der Waals surface area contributed by atoms with Crippen molar-refractivity contribution in [2.75, 3.05) is 24.9 Å². The van der Waals surface area contributed by atoms with E-state index < -0.39 is 10.0 Å². The average molecular weight is 574 g/mol. The number of hydrogen-bond donors (Lipinski definition) is 3. The maximum atomic E-state index is 13.0. The molecule has 1 aliphatic heterocycles. The molecule has 5 rings (SSSR count). The second-order valence-corrected chi connectivity index (χ2v) is 12.7. The molecule has 3 heterocycles. The summed E-state index contributed by atoms with van der Waals surface area (Å²) in [5.74, 6) is 0.747. The van der Waals surface area contributed by atoms with E-state index in [0.717, 1.165) is 47.4 Å². The Morgan fingerprint density at radius 1 is 1.21 bits per heavy atom. The third-order valence-electron chi connectivity index (χ3n) is 6.46. The fourth-order valence-electron chi connectivity index (χ4n) is 4.60. The SMILES string of the molecule is COc1cccc2c1c(NS(=O)(=O)c1ccc(Cl)s1)nn2Cc1cccc(CNC(=O)C2CCCNC2)c1. The zero-order valence-electron chi connectivity index (χ0n) is 20.7. The van der Waals surface area contributed by atoms with Crippen LogP contribution >= 0.6 is 22.9 Å². The Hall–Kier alpha value is -3.12. The van der Waals surface area contributed by atoms with Crippen molar-refractivity contribution < 1.29 is 17.9 Å². The molecule has 12 heteroatoms. The van der Waals surface area contributed by atoms with Crippen LogP contribution in [0, 0.1) is 5.92 Å². The molecule has 200 valence electrons. The number of nitrogens with one attached hydrogen (secondary N) is 3. The van der Waals surface area contributed by atoms with Crippen molar-refractivity contribution in [3.05, 3.63) is 70.1 Å². The van der Waals surface area contributed by atoms with E-state index in [1.807, 2.05) is 36.4 Å². The summed E-state index contributed by atoms with van der Waals surface area (Å²) in [6, 6.07) is 16.4. The van der Waals surface area contributed by atoms with Crippen molar-refractivity contribution in [1.82, 2.24) is 20.4 Å². The van der Waals surface area contributed by atoms with E-state index >= 15 is 0 Å². The van der Waals surface area contributed by atoms with Gasteiger partial charge in [-0.05, 0) is 54.8 Å². The highest BCUT2D eigenvalue weighted by molar-refractivity contribution is 7.94. The minimum absolute atomic E-state index is 0.00440. The van der Waals surface area contributed by atoms with Gasteiger partial charge in [0.05, 0.1) is 34.8 Å². The quantitative estimate of drug-likeness (QED) is 0.276. The minimum atomic E-state index is -3.89. The number of amides is 1. The first-order chi connectivity index (χ1) is 18.3. The number of aromatic nitrogens is 2. The molecule has 1 unspecified atom stereocenters. The summed E-state index contributed by atoms with van der Waals surface area (Å²) in [5.41, 5.74) is 2.65. The van der Waals surface area contributed by atoms with E-state index in [4.69, 9.17) is 16.3 Å². The van der Waals surface area contributed by atoms with Crippen molar-refractivity contribution in [2.24, 2.45) is 5.92 Å². The van der Waals surface area contributed by atoms with E-state index in [1.54, 1.807) is 16.8 Å². The summed E-state index contributed by atoms with van der Waals surface area (Å²) < 4.78 is 36.4. The van der Waals surface area contributed by atoms with E-state index in [-0.39, 0.29) is 21.9 Å². The third-order valence-corrected chi connectivity index (χ3v) is 9.52. The molecule has 9 nitrogen and oxygen atoms in total. The highest BCUT2D eigenvalue weighted by Crippen LogP contribution is 2.35. The topological polar surface area (TPSA) is 114 Å². The van der Waals surface area contributed by atoms with Gasteiger partial charge in [-0.15, -0.1) is 11.3 Å². The van der Waals surface area contributed by atoms with Gasteiger partial charge in [-0.2, -0.15) is 5.10 Å². The largest absolute Gasteiger partial charge is 0.496 e. The summed E-state index contributed by atoms with van der Waals surface area (Å²) in [6.45, 7) is 2.51. The lowest BCUT2D eigenvalue weighted by molar-refractivity contribution is -0.125. The lowest BCUT2D eigenvalue weighted by Crippen LogP contribution is -2.40. The van der Waals surface area contributed by atoms with Crippen molar-refractivity contribution >= 4 is 55.6 Å². The first-order valence-corrected chi connectivity index (χ1v) is 14.9. The predicted molar refractivity (Wildman–Crippen MR) is 149 cm³/mol. The number of rotatable bonds is 9. The van der Waals surface area contributed by atoms with Gasteiger partial charge in [0.25, 0.3) is 10.0 Å². The Bertz CT molecular complexity index is 1560. The van der Waals surface area contributed by atoms with Crippen LogP contribution in [-0.2, 0) is 27.9 Å². The number of halogens is 1. The van der Waals surface area contributed by atoms with E-state index in [2.05, 4.69) is 20.5 Å². The first kappa shape index (κ1) is 26.5. The number of sulfonamides is 1. The van der Waals surface area contributed by atoms with Crippen molar-refractivity contribution in [3.63, 3.8) is 0 Å². The van der Waals surface area contributed by atoms with Crippen LogP contribution in [0.5, 0.6) is 5.75 Å². The van der Waals surface area contributed by atoms with E-state index in [9.17, 15) is 13.2 Å². The molecule has 0 bridgehead atoms. The molecule has 4 aromatic rings. The van der Waals surface area contributed by atoms with Crippen LogP contribution in [0.2, 0.25) is 4.34 Å². The number of fused-ring (bicyclic) bond motifs is 1. The van der Waals surface area contributed by atoms with Crippen LogP contribution in [0.25, 0.3) is 10.9 Å². The number of hydrogen-bond acceptors (Lipinski definition) is 7. The predicted octanol–water partition coefficient (Wildman–Crippen LogP) is 4.22. The first-order valence-electron chi connectivity index (χ1n) is 12.2. The van der Waals surface area contributed by atoms with Crippen LogP contribution in [0.4, 0.5) is 5.82 Å². The van der Waals surface area contributed by atoms with Crippen LogP contribution in [-0.4, -0.2) is 44.3 Å².